The molecular weight excluding hydrogens is 677 g/mol. The molecule has 2 aromatic carbocycles. The summed E-state index contributed by atoms with van der Waals surface area (Å²) >= 11 is 0. The van der Waals surface area contributed by atoms with E-state index in [9.17, 15) is 71.3 Å². The van der Waals surface area contributed by atoms with Gasteiger partial charge in [-0.3, -0.25) is 19.5 Å². The third kappa shape index (κ3) is 6.80. The molecule has 0 aliphatic carbocycles. The molecule has 274 valence electrons. The molecule has 2 aliphatic rings. The minimum atomic E-state index is -5.71. The lowest BCUT2D eigenvalue weighted by Gasteiger charge is -2.49. The number of phenolic OH excluding ortho intramolecular Hbond substituents is 6. The van der Waals surface area contributed by atoms with Gasteiger partial charge in [0, 0.05) is 68.9 Å². The smallest absolute Gasteiger partial charge is 0.423 e. The van der Waals surface area contributed by atoms with Gasteiger partial charge in [-0.2, -0.15) is 30.7 Å². The molecule has 2 fully saturated rings. The summed E-state index contributed by atoms with van der Waals surface area (Å²) in [6, 6.07) is -3.31. The quantitative estimate of drug-likeness (QED) is 0.0998. The number of aromatic hydroxyl groups is 6. The van der Waals surface area contributed by atoms with E-state index in [4.69, 9.17) is 0 Å². The predicted octanol–water partition coefficient (Wildman–Crippen LogP) is 4.04. The molecule has 0 spiro atoms. The zero-order valence-corrected chi connectivity index (χ0v) is 26.7. The number of nitrogens with zero attached hydrogens (tertiary/aromatic N) is 4. The molecular formula is C30H37F7N4O8. The number of amides is 1. The van der Waals surface area contributed by atoms with Gasteiger partial charge in [0.15, 0.2) is 23.6 Å². The van der Waals surface area contributed by atoms with Crippen LogP contribution in [0.4, 0.5) is 30.7 Å². The fourth-order valence-corrected chi connectivity index (χ4v) is 6.78. The fraction of sp³-hybridized carbons (Fsp3) is 0.567. The first kappa shape index (κ1) is 37.9. The van der Waals surface area contributed by atoms with Crippen LogP contribution in [0.2, 0.25) is 0 Å². The first-order valence-electron chi connectivity index (χ1n) is 15.0. The van der Waals surface area contributed by atoms with Gasteiger partial charge in [0.2, 0.25) is 11.7 Å². The van der Waals surface area contributed by atoms with Gasteiger partial charge in [0.05, 0.1) is 5.56 Å². The number of hydrogen-bond donors (Lipinski definition) is 7. The number of carbonyl (C=O) groups is 1. The lowest BCUT2D eigenvalue weighted by atomic mass is 9.87. The van der Waals surface area contributed by atoms with Crippen molar-refractivity contribution >= 4 is 5.91 Å². The maximum absolute atomic E-state index is 14.5. The second-order valence-corrected chi connectivity index (χ2v) is 12.3. The Morgan fingerprint density at radius 2 is 1.33 bits per heavy atom. The van der Waals surface area contributed by atoms with Crippen LogP contribution in [0, 0.1) is 12.7 Å². The third-order valence-corrected chi connectivity index (χ3v) is 9.59. The molecule has 0 aromatic heterocycles. The van der Waals surface area contributed by atoms with Gasteiger partial charge < -0.3 is 40.6 Å². The van der Waals surface area contributed by atoms with E-state index in [-0.39, 0.29) is 36.0 Å². The minimum absolute atomic E-state index is 0.0322. The van der Waals surface area contributed by atoms with Crippen LogP contribution in [0.5, 0.6) is 34.5 Å². The fourth-order valence-electron chi connectivity index (χ4n) is 6.78. The van der Waals surface area contributed by atoms with E-state index in [1.54, 1.807) is 4.90 Å². The van der Waals surface area contributed by atoms with E-state index in [1.807, 2.05) is 4.90 Å². The number of aliphatic hydroxyl groups is 1. The molecule has 2 saturated heterocycles. The molecule has 2 aromatic rings. The number of benzene rings is 2. The summed E-state index contributed by atoms with van der Waals surface area (Å²) in [4.78, 5) is 17.5. The summed E-state index contributed by atoms with van der Waals surface area (Å²) in [5.74, 6) is -11.2. The predicted molar refractivity (Wildman–Crippen MR) is 156 cm³/mol. The SMILES string of the molecule is CC(=O)N1CCN(C2CCN(C(O)N(C)C(C)c3c(O)c(C(F)(F)F)c(O)c(C(F)(F)F)c3O)C(c3c(C)c(O)c(F)c(O)c3O)C2)CC1. The summed E-state index contributed by atoms with van der Waals surface area (Å²) in [5, 5.41) is 74.1. The number of piperidine rings is 1. The van der Waals surface area contributed by atoms with E-state index in [1.165, 1.54) is 18.7 Å². The van der Waals surface area contributed by atoms with Crippen molar-refractivity contribution in [1.29, 1.82) is 0 Å². The summed E-state index contributed by atoms with van der Waals surface area (Å²) < 4.78 is 97.3. The molecule has 0 radical (unpaired) electrons. The van der Waals surface area contributed by atoms with Crippen molar-refractivity contribution < 1.29 is 71.3 Å². The van der Waals surface area contributed by atoms with Crippen molar-refractivity contribution in [1.82, 2.24) is 19.6 Å². The van der Waals surface area contributed by atoms with Crippen molar-refractivity contribution in [3.63, 3.8) is 0 Å². The van der Waals surface area contributed by atoms with Crippen molar-refractivity contribution in [2.24, 2.45) is 0 Å². The molecule has 2 aliphatic heterocycles. The molecule has 7 N–H and O–H groups in total. The van der Waals surface area contributed by atoms with Gasteiger partial charge in [-0.1, -0.05) is 0 Å². The highest BCUT2D eigenvalue weighted by Gasteiger charge is 2.49. The number of phenols is 6. The van der Waals surface area contributed by atoms with Crippen LogP contribution in [-0.4, -0.2) is 113 Å². The highest BCUT2D eigenvalue weighted by atomic mass is 19.4. The monoisotopic (exact) mass is 714 g/mol. The Morgan fingerprint density at radius 3 is 1.80 bits per heavy atom. The van der Waals surface area contributed by atoms with Crippen LogP contribution < -0.4 is 0 Å². The number of rotatable bonds is 6. The molecule has 0 bridgehead atoms. The van der Waals surface area contributed by atoms with E-state index >= 15 is 0 Å². The lowest BCUT2D eigenvalue weighted by molar-refractivity contribution is -0.153. The maximum Gasteiger partial charge on any atom is 0.423 e. The van der Waals surface area contributed by atoms with E-state index in [0.717, 1.165) is 18.9 Å². The second kappa shape index (κ2) is 13.4. The Balaban J connectivity index is 1.78. The third-order valence-electron chi connectivity index (χ3n) is 9.59. The number of likely N-dealkylation sites (tertiary alicyclic amines) is 1. The molecule has 12 nitrogen and oxygen atoms in total. The van der Waals surface area contributed by atoms with Crippen LogP contribution >= 0.6 is 0 Å². The Kier molecular flexibility index (Phi) is 10.4. The zero-order chi connectivity index (χ0) is 37.1. The second-order valence-electron chi connectivity index (χ2n) is 12.3. The minimum Gasteiger partial charge on any atom is -0.507 e. The van der Waals surface area contributed by atoms with Crippen LogP contribution in [0.3, 0.4) is 0 Å². The molecule has 1 amide bonds. The van der Waals surface area contributed by atoms with Gasteiger partial charge in [-0.05, 0) is 33.7 Å². The van der Waals surface area contributed by atoms with Gasteiger partial charge in [-0.15, -0.1) is 0 Å². The normalized spacial score (nSPS) is 21.3. The van der Waals surface area contributed by atoms with Crippen molar-refractivity contribution in [3.8, 4) is 34.5 Å². The molecule has 4 rings (SSSR count). The Bertz CT molecular complexity index is 1530. The van der Waals surface area contributed by atoms with Gasteiger partial charge in [0.1, 0.15) is 28.4 Å². The highest BCUT2D eigenvalue weighted by Crippen LogP contribution is 2.56. The van der Waals surface area contributed by atoms with Crippen LogP contribution in [0.25, 0.3) is 0 Å². The summed E-state index contributed by atoms with van der Waals surface area (Å²) in [6.07, 6.45) is -13.1. The summed E-state index contributed by atoms with van der Waals surface area (Å²) in [7, 11) is 1.05. The Hall–Kier alpha value is -3.94. The standard InChI is InChI=1S/C30H37F7N4O8/c1-12-17(25(46)27(48)21(31)22(12)43)16-11-15(40-9-7-39(8-10-40)14(3)42)5-6-41(16)28(49)38(4)13(2)18-23(44)19(29(32,33)34)26(47)20(24(18)45)30(35,36)37/h13,15-16,28,43-49H,5-11H2,1-4H3. The topological polar surface area (TPSA) is 172 Å². The van der Waals surface area contributed by atoms with E-state index in [2.05, 4.69) is 0 Å². The molecule has 49 heavy (non-hydrogen) atoms. The summed E-state index contributed by atoms with van der Waals surface area (Å²) in [6.45, 7) is 5.21. The number of alkyl halides is 6. The van der Waals surface area contributed by atoms with Crippen molar-refractivity contribution in [3.05, 3.63) is 33.6 Å². The average Bonchev–Trinajstić information content (AvgIpc) is 3.00. The first-order valence-corrected chi connectivity index (χ1v) is 15.0. The number of aliphatic hydroxyl groups excluding tert-OH is 1. The average molecular weight is 715 g/mol. The maximum atomic E-state index is 14.5. The number of piperazine rings is 1. The highest BCUT2D eigenvalue weighted by molar-refractivity contribution is 5.73. The number of halogens is 7. The van der Waals surface area contributed by atoms with Crippen LogP contribution in [0.15, 0.2) is 0 Å². The largest absolute Gasteiger partial charge is 0.507 e. The molecule has 0 saturated carbocycles. The zero-order valence-electron chi connectivity index (χ0n) is 26.7. The van der Waals surface area contributed by atoms with Crippen molar-refractivity contribution in [2.45, 2.75) is 70.4 Å². The van der Waals surface area contributed by atoms with E-state index in [0.29, 0.717) is 32.6 Å². The number of hydrogen-bond acceptors (Lipinski definition) is 11. The van der Waals surface area contributed by atoms with Gasteiger partial charge >= 0.3 is 12.4 Å². The first-order chi connectivity index (χ1) is 22.5. The van der Waals surface area contributed by atoms with Crippen molar-refractivity contribution in [2.75, 3.05) is 39.8 Å². The number of carbonyl (C=O) groups excluding carboxylic acids is 1. The van der Waals surface area contributed by atoms with Crippen LogP contribution in [-0.2, 0) is 17.1 Å². The lowest BCUT2D eigenvalue weighted by Crippen LogP contribution is -2.57. The van der Waals surface area contributed by atoms with Gasteiger partial charge in [-0.25, -0.2) is 0 Å². The molecule has 4 unspecified atom stereocenters. The molecule has 4 atom stereocenters. The van der Waals surface area contributed by atoms with Gasteiger partial charge in [0.25, 0.3) is 0 Å². The van der Waals surface area contributed by atoms with Crippen LogP contribution in [0.1, 0.15) is 66.6 Å². The molecule has 19 heteroatoms. The Morgan fingerprint density at radius 1 is 0.816 bits per heavy atom. The molecule has 2 heterocycles. The summed E-state index contributed by atoms with van der Waals surface area (Å²) in [5.41, 5.74) is -6.68. The van der Waals surface area contributed by atoms with E-state index < -0.39 is 87.8 Å². The Labute approximate surface area is 275 Å².